The lowest BCUT2D eigenvalue weighted by Crippen LogP contribution is -2.61. The average molecular weight is 826 g/mol. The van der Waals surface area contributed by atoms with Crippen LogP contribution in [0.3, 0.4) is 0 Å². The topological polar surface area (TPSA) is 121 Å². The van der Waals surface area contributed by atoms with Crippen molar-refractivity contribution >= 4 is 60.8 Å². The zero-order valence-corrected chi connectivity index (χ0v) is 37.6. The van der Waals surface area contributed by atoms with Gasteiger partial charge < -0.3 is 30.1 Å². The normalized spacial score (nSPS) is 11.3. The van der Waals surface area contributed by atoms with E-state index in [0.717, 1.165) is 66.8 Å². The molecule has 0 saturated heterocycles. The number of hydrogen-bond donors (Lipinski definition) is 6. The largest absolute Gasteiger partial charge is 0.488 e. The van der Waals surface area contributed by atoms with Crippen molar-refractivity contribution in [3.63, 3.8) is 0 Å². The van der Waals surface area contributed by atoms with Gasteiger partial charge in [-0.1, -0.05) is 111 Å². The molecule has 0 amide bonds. The molecule has 0 spiro atoms. The van der Waals surface area contributed by atoms with Crippen LogP contribution >= 0.6 is 0 Å². The molecule has 0 aliphatic carbocycles. The second kappa shape index (κ2) is 18.0. The van der Waals surface area contributed by atoms with E-state index in [2.05, 4.69) is 105 Å². The Labute approximate surface area is 373 Å². The highest BCUT2D eigenvalue weighted by atomic mass is 16.4. The van der Waals surface area contributed by atoms with Gasteiger partial charge in [0.05, 0.1) is 0 Å². The highest BCUT2D eigenvalue weighted by molar-refractivity contribution is 6.97. The second-order valence-electron chi connectivity index (χ2n) is 16.9. The number of rotatable bonds is 4. The van der Waals surface area contributed by atoms with Crippen molar-refractivity contribution < 1.29 is 30.1 Å². The Balaban J connectivity index is 1.46. The Kier molecular flexibility index (Phi) is 12.9. The molecule has 0 radical (unpaired) electrons. The van der Waals surface area contributed by atoms with Crippen LogP contribution in [-0.2, 0) is 6.42 Å². The summed E-state index contributed by atoms with van der Waals surface area (Å²) < 4.78 is 0. The molecule has 1 aliphatic heterocycles. The SMILES string of the molecule is Cc1c(C)c(B2c3c(C)c(C)c(C#Cc4ccc(B(O)O)cc4)c(C)c3Cc3c(C)c(C#Cc4ccc(B(O)O)cc4)c(C)c(C)c32)c(C)c(C)c1C#Cc1ccc(B(O)O)cc1. The molecule has 6 aromatic carbocycles. The predicted octanol–water partition coefficient (Wildman–Crippen LogP) is 2.43. The Morgan fingerprint density at radius 3 is 0.857 bits per heavy atom. The summed E-state index contributed by atoms with van der Waals surface area (Å²) in [5, 5.41) is 57.7. The van der Waals surface area contributed by atoms with E-state index in [4.69, 9.17) is 0 Å². The van der Waals surface area contributed by atoms with Crippen molar-refractivity contribution in [2.45, 2.75) is 75.7 Å². The maximum Gasteiger partial charge on any atom is 0.488 e. The monoisotopic (exact) mass is 826 g/mol. The lowest BCUT2D eigenvalue weighted by atomic mass is 9.30. The fourth-order valence-electron chi connectivity index (χ4n) is 9.30. The van der Waals surface area contributed by atoms with Crippen LogP contribution in [0.5, 0.6) is 0 Å². The summed E-state index contributed by atoms with van der Waals surface area (Å²) in [6.07, 6.45) is 0.711. The fourth-order valence-corrected chi connectivity index (χ4v) is 9.30. The first kappa shape index (κ1) is 45.1. The number of hydrogen-bond acceptors (Lipinski definition) is 6. The van der Waals surface area contributed by atoms with Crippen LogP contribution in [0.4, 0.5) is 0 Å². The van der Waals surface area contributed by atoms with Gasteiger partial charge in [0.2, 0.25) is 6.71 Å². The molecule has 310 valence electrons. The van der Waals surface area contributed by atoms with Gasteiger partial charge in [-0.25, -0.2) is 0 Å². The van der Waals surface area contributed by atoms with Gasteiger partial charge in [0.1, 0.15) is 0 Å². The van der Waals surface area contributed by atoms with E-state index in [0.29, 0.717) is 22.8 Å². The second-order valence-corrected chi connectivity index (χ2v) is 16.9. The molecule has 0 aromatic heterocycles. The Morgan fingerprint density at radius 1 is 0.333 bits per heavy atom. The first-order valence-electron chi connectivity index (χ1n) is 21.2. The summed E-state index contributed by atoms with van der Waals surface area (Å²) in [5.74, 6) is 20.6. The van der Waals surface area contributed by atoms with Crippen LogP contribution in [0.1, 0.15) is 100 Å². The van der Waals surface area contributed by atoms with Crippen LogP contribution < -0.4 is 32.8 Å². The van der Waals surface area contributed by atoms with Gasteiger partial charge in [0.25, 0.3) is 0 Å². The van der Waals surface area contributed by atoms with Crippen molar-refractivity contribution in [3.8, 4) is 35.5 Å². The van der Waals surface area contributed by atoms with Crippen molar-refractivity contribution in [3.05, 3.63) is 173 Å². The summed E-state index contributed by atoms with van der Waals surface area (Å²) in [6.45, 7) is 21.9. The standard InChI is InChI=1S/C53H50B4O6/c1-30-34(5)51(35(6)31(2)46(30)26-17-40-11-20-43(21-12-40)55(58)59)54-52-36(7)32(3)47(27-18-41-13-22-44(23-14-41)56(60)61)38(9)49(52)29-50-39(10)48(33(4)37(8)53(50)54)28-19-42-15-24-45(25-16-42)57(62)63/h11-16,20-25,58-63H,29H2,1-10H3. The Hall–Kier alpha value is -5.98. The van der Waals surface area contributed by atoms with Gasteiger partial charge in [-0.15, -0.1) is 0 Å². The lowest BCUT2D eigenvalue weighted by molar-refractivity contribution is 0.424. The molecule has 0 fully saturated rings. The molecule has 6 N–H and O–H groups in total. The molecule has 6 aromatic rings. The first-order valence-corrected chi connectivity index (χ1v) is 21.2. The average Bonchev–Trinajstić information content (AvgIpc) is 3.26. The van der Waals surface area contributed by atoms with E-state index in [1.54, 1.807) is 36.4 Å². The zero-order chi connectivity index (χ0) is 45.6. The molecule has 10 heteroatoms. The minimum Gasteiger partial charge on any atom is -0.423 e. The van der Waals surface area contributed by atoms with E-state index >= 15 is 0 Å². The molecule has 63 heavy (non-hydrogen) atoms. The molecular formula is C53H50B4O6. The van der Waals surface area contributed by atoms with Crippen LogP contribution in [0.25, 0.3) is 0 Å². The van der Waals surface area contributed by atoms with Crippen molar-refractivity contribution in [1.29, 1.82) is 0 Å². The quantitative estimate of drug-likeness (QED) is 0.120. The summed E-state index contributed by atoms with van der Waals surface area (Å²) in [5.41, 5.74) is 24.6. The van der Waals surface area contributed by atoms with Gasteiger partial charge in [0.15, 0.2) is 0 Å². The molecule has 0 saturated carbocycles. The predicted molar refractivity (Wildman–Crippen MR) is 261 cm³/mol. The van der Waals surface area contributed by atoms with E-state index in [1.165, 1.54) is 49.8 Å². The van der Waals surface area contributed by atoms with E-state index in [1.807, 2.05) is 36.4 Å². The van der Waals surface area contributed by atoms with Crippen molar-refractivity contribution in [2.75, 3.05) is 0 Å². The van der Waals surface area contributed by atoms with Crippen LogP contribution in [0, 0.1) is 105 Å². The van der Waals surface area contributed by atoms with E-state index < -0.39 is 21.4 Å². The zero-order valence-electron chi connectivity index (χ0n) is 37.6. The minimum absolute atomic E-state index is 0.0886. The number of benzene rings is 6. The number of fused-ring (bicyclic) bond motifs is 2. The van der Waals surface area contributed by atoms with E-state index in [9.17, 15) is 30.1 Å². The smallest absolute Gasteiger partial charge is 0.423 e. The highest BCUT2D eigenvalue weighted by Gasteiger charge is 2.39. The Morgan fingerprint density at radius 2 is 0.587 bits per heavy atom. The Bertz CT molecular complexity index is 2800. The van der Waals surface area contributed by atoms with Crippen molar-refractivity contribution in [2.24, 2.45) is 0 Å². The van der Waals surface area contributed by atoms with Crippen LogP contribution in [0.15, 0.2) is 72.8 Å². The molecule has 7 rings (SSSR count). The maximum absolute atomic E-state index is 9.63. The molecule has 1 aliphatic rings. The highest BCUT2D eigenvalue weighted by Crippen LogP contribution is 2.32. The summed E-state index contributed by atoms with van der Waals surface area (Å²) >= 11 is 0. The third kappa shape index (κ3) is 8.46. The molecule has 1 heterocycles. The van der Waals surface area contributed by atoms with Gasteiger partial charge in [-0.3, -0.25) is 0 Å². The molecule has 0 bridgehead atoms. The van der Waals surface area contributed by atoms with Gasteiger partial charge >= 0.3 is 21.4 Å². The van der Waals surface area contributed by atoms with E-state index in [-0.39, 0.29) is 6.71 Å². The molecule has 0 atom stereocenters. The molecular weight excluding hydrogens is 776 g/mol. The minimum atomic E-state index is -1.54. The van der Waals surface area contributed by atoms with Gasteiger partial charge in [0, 0.05) is 33.4 Å². The fraction of sp³-hybridized carbons (Fsp3) is 0.208. The summed E-state index contributed by atoms with van der Waals surface area (Å²) in [6, 6.07) is 21.0. The third-order valence-electron chi connectivity index (χ3n) is 13.5. The van der Waals surface area contributed by atoms with Crippen LogP contribution in [-0.4, -0.2) is 58.2 Å². The summed E-state index contributed by atoms with van der Waals surface area (Å²) in [7, 11) is -4.61. The molecule has 6 nitrogen and oxygen atoms in total. The van der Waals surface area contributed by atoms with Gasteiger partial charge in [-0.2, -0.15) is 0 Å². The maximum atomic E-state index is 9.63. The van der Waals surface area contributed by atoms with Gasteiger partial charge in [-0.05, 0) is 173 Å². The summed E-state index contributed by atoms with van der Waals surface area (Å²) in [4.78, 5) is 0. The molecule has 0 unspecified atom stereocenters. The first-order chi connectivity index (χ1) is 29.9. The third-order valence-corrected chi connectivity index (χ3v) is 13.5. The van der Waals surface area contributed by atoms with Crippen molar-refractivity contribution in [1.82, 2.24) is 0 Å². The lowest BCUT2D eigenvalue weighted by Gasteiger charge is -2.36. The van der Waals surface area contributed by atoms with Crippen LogP contribution in [0.2, 0.25) is 0 Å².